The lowest BCUT2D eigenvalue weighted by Gasteiger charge is -2.38. The van der Waals surface area contributed by atoms with Crippen LogP contribution in [0.2, 0.25) is 0 Å². The average Bonchev–Trinajstić information content (AvgIpc) is 2.23. The van der Waals surface area contributed by atoms with Gasteiger partial charge in [-0.15, -0.1) is 0 Å². The predicted octanol–water partition coefficient (Wildman–Crippen LogP) is -0.748. The Labute approximate surface area is 99.4 Å². The van der Waals surface area contributed by atoms with Crippen LogP contribution < -0.4 is 5.32 Å². The first-order valence-corrected chi connectivity index (χ1v) is 5.39. The van der Waals surface area contributed by atoms with Crippen LogP contribution in [-0.4, -0.2) is 65.1 Å². The van der Waals surface area contributed by atoms with Gasteiger partial charge in [-0.05, 0) is 13.8 Å². The van der Waals surface area contributed by atoms with E-state index in [1.165, 1.54) is 4.90 Å². The van der Waals surface area contributed by atoms with E-state index in [2.05, 4.69) is 5.32 Å². The number of carboxylic acid groups (broad SMARTS) is 1. The van der Waals surface area contributed by atoms with Crippen LogP contribution in [0.5, 0.6) is 0 Å². The first kappa shape index (κ1) is 13.7. The van der Waals surface area contributed by atoms with Crippen molar-refractivity contribution in [3.8, 4) is 0 Å². The number of urea groups is 1. The monoisotopic (exact) mass is 246 g/mol. The van der Waals surface area contributed by atoms with E-state index >= 15 is 0 Å². The number of hydrogen-bond donors (Lipinski definition) is 3. The molecule has 1 aliphatic rings. The number of carbonyl (C=O) groups is 2. The molecule has 0 saturated carbocycles. The molecule has 0 aromatic carbocycles. The van der Waals surface area contributed by atoms with Crippen molar-refractivity contribution < 1.29 is 24.5 Å². The second-order valence-corrected chi connectivity index (χ2v) is 4.57. The summed E-state index contributed by atoms with van der Waals surface area (Å²) in [5, 5.41) is 19.8. The molecular weight excluding hydrogens is 228 g/mol. The Hall–Kier alpha value is -1.34. The van der Waals surface area contributed by atoms with Gasteiger partial charge in [0.2, 0.25) is 0 Å². The summed E-state index contributed by atoms with van der Waals surface area (Å²) in [5.74, 6) is -1.35. The number of carbonyl (C=O) groups excluding carboxylic acids is 1. The Morgan fingerprint density at radius 2 is 2.18 bits per heavy atom. The second-order valence-electron chi connectivity index (χ2n) is 4.57. The SMILES string of the molecule is CC1(C)CN(C(=O)NCC(O)C(=O)O)CCO1. The molecular formula is C10H18N2O5. The molecule has 1 fully saturated rings. The molecule has 1 unspecified atom stereocenters. The predicted molar refractivity (Wildman–Crippen MR) is 58.6 cm³/mol. The molecule has 1 saturated heterocycles. The summed E-state index contributed by atoms with van der Waals surface area (Å²) in [7, 11) is 0. The highest BCUT2D eigenvalue weighted by Gasteiger charge is 2.30. The Bertz CT molecular complexity index is 305. The maximum absolute atomic E-state index is 11.7. The molecule has 1 atom stereocenters. The number of hydrogen-bond acceptors (Lipinski definition) is 4. The van der Waals surface area contributed by atoms with E-state index in [-0.39, 0.29) is 12.6 Å². The molecule has 7 nitrogen and oxygen atoms in total. The summed E-state index contributed by atoms with van der Waals surface area (Å²) in [5.41, 5.74) is -0.402. The molecule has 0 radical (unpaired) electrons. The average molecular weight is 246 g/mol. The zero-order valence-corrected chi connectivity index (χ0v) is 9.97. The molecule has 0 aliphatic carbocycles. The fourth-order valence-corrected chi connectivity index (χ4v) is 1.57. The van der Waals surface area contributed by atoms with Crippen molar-refractivity contribution in [1.82, 2.24) is 10.2 Å². The summed E-state index contributed by atoms with van der Waals surface area (Å²) in [6.07, 6.45) is -1.58. The van der Waals surface area contributed by atoms with Gasteiger partial charge in [0.25, 0.3) is 0 Å². The maximum atomic E-state index is 11.7. The molecule has 0 bridgehead atoms. The Morgan fingerprint density at radius 3 is 2.71 bits per heavy atom. The molecule has 0 aromatic rings. The van der Waals surface area contributed by atoms with Crippen molar-refractivity contribution in [1.29, 1.82) is 0 Å². The van der Waals surface area contributed by atoms with Gasteiger partial charge in [-0.1, -0.05) is 0 Å². The topological polar surface area (TPSA) is 99.1 Å². The number of nitrogens with zero attached hydrogens (tertiary/aromatic N) is 1. The van der Waals surface area contributed by atoms with E-state index < -0.39 is 17.7 Å². The number of carboxylic acids is 1. The summed E-state index contributed by atoms with van der Waals surface area (Å²) in [4.78, 5) is 23.6. The van der Waals surface area contributed by atoms with Crippen molar-refractivity contribution in [3.63, 3.8) is 0 Å². The largest absolute Gasteiger partial charge is 0.479 e. The molecule has 3 N–H and O–H groups in total. The van der Waals surface area contributed by atoms with E-state index in [1.54, 1.807) is 0 Å². The summed E-state index contributed by atoms with van der Waals surface area (Å²) >= 11 is 0. The molecule has 1 heterocycles. The van der Waals surface area contributed by atoms with Crippen LogP contribution in [0.1, 0.15) is 13.8 Å². The molecule has 2 amide bonds. The fourth-order valence-electron chi connectivity index (χ4n) is 1.57. The third-order valence-electron chi connectivity index (χ3n) is 2.44. The van der Waals surface area contributed by atoms with Gasteiger partial charge in [0.15, 0.2) is 6.10 Å². The van der Waals surface area contributed by atoms with Crippen LogP contribution >= 0.6 is 0 Å². The van der Waals surface area contributed by atoms with Crippen LogP contribution in [-0.2, 0) is 9.53 Å². The molecule has 98 valence electrons. The summed E-state index contributed by atoms with van der Waals surface area (Å²) < 4.78 is 5.44. The molecule has 17 heavy (non-hydrogen) atoms. The summed E-state index contributed by atoms with van der Waals surface area (Å²) in [6.45, 7) is 4.78. The van der Waals surface area contributed by atoms with Crippen LogP contribution in [0.4, 0.5) is 4.79 Å². The van der Waals surface area contributed by atoms with Gasteiger partial charge in [0.1, 0.15) is 0 Å². The van der Waals surface area contributed by atoms with E-state index in [0.29, 0.717) is 19.7 Å². The van der Waals surface area contributed by atoms with Gasteiger partial charge in [0, 0.05) is 6.54 Å². The molecule has 0 aromatic heterocycles. The number of aliphatic hydroxyl groups excluding tert-OH is 1. The number of aliphatic carboxylic acids is 1. The lowest BCUT2D eigenvalue weighted by Crippen LogP contribution is -2.54. The highest BCUT2D eigenvalue weighted by Crippen LogP contribution is 2.16. The Balaban J connectivity index is 2.40. The first-order valence-electron chi connectivity index (χ1n) is 5.39. The zero-order chi connectivity index (χ0) is 13.1. The lowest BCUT2D eigenvalue weighted by atomic mass is 10.1. The third kappa shape index (κ3) is 4.20. The van der Waals surface area contributed by atoms with Crippen molar-refractivity contribution >= 4 is 12.0 Å². The van der Waals surface area contributed by atoms with Gasteiger partial charge in [0.05, 0.1) is 25.3 Å². The number of nitrogens with one attached hydrogen (secondary N) is 1. The van der Waals surface area contributed by atoms with Gasteiger partial charge < -0.3 is 25.2 Å². The van der Waals surface area contributed by atoms with Gasteiger partial charge in [-0.25, -0.2) is 9.59 Å². The molecule has 0 spiro atoms. The second kappa shape index (κ2) is 5.33. The quantitative estimate of drug-likeness (QED) is 0.608. The van der Waals surface area contributed by atoms with E-state index in [0.717, 1.165) is 0 Å². The Kier molecular flexibility index (Phi) is 4.30. The lowest BCUT2D eigenvalue weighted by molar-refractivity contribution is -0.146. The van der Waals surface area contributed by atoms with Crippen molar-refractivity contribution in [2.24, 2.45) is 0 Å². The minimum Gasteiger partial charge on any atom is -0.479 e. The zero-order valence-electron chi connectivity index (χ0n) is 9.97. The van der Waals surface area contributed by atoms with E-state index in [4.69, 9.17) is 14.9 Å². The molecule has 7 heteroatoms. The van der Waals surface area contributed by atoms with Crippen LogP contribution in [0, 0.1) is 0 Å². The maximum Gasteiger partial charge on any atom is 0.334 e. The van der Waals surface area contributed by atoms with Crippen molar-refractivity contribution in [3.05, 3.63) is 0 Å². The van der Waals surface area contributed by atoms with Crippen LogP contribution in [0.25, 0.3) is 0 Å². The molecule has 1 aliphatic heterocycles. The number of ether oxygens (including phenoxy) is 1. The normalized spacial score (nSPS) is 20.8. The van der Waals surface area contributed by atoms with Gasteiger partial charge in [-0.2, -0.15) is 0 Å². The third-order valence-corrected chi connectivity index (χ3v) is 2.44. The van der Waals surface area contributed by atoms with Gasteiger partial charge in [-0.3, -0.25) is 0 Å². The fraction of sp³-hybridized carbons (Fsp3) is 0.800. The minimum atomic E-state index is -1.58. The Morgan fingerprint density at radius 1 is 1.53 bits per heavy atom. The van der Waals surface area contributed by atoms with Crippen LogP contribution in [0.3, 0.4) is 0 Å². The number of aliphatic hydroxyl groups is 1. The summed E-state index contributed by atoms with van der Waals surface area (Å²) in [6, 6.07) is -0.387. The molecule has 1 rings (SSSR count). The number of amides is 2. The van der Waals surface area contributed by atoms with Gasteiger partial charge >= 0.3 is 12.0 Å². The standard InChI is InChI=1S/C10H18N2O5/c1-10(2)6-12(3-4-17-10)9(16)11-5-7(13)8(14)15/h7,13H,3-6H2,1-2H3,(H,11,16)(H,14,15). The van der Waals surface area contributed by atoms with E-state index in [9.17, 15) is 9.59 Å². The van der Waals surface area contributed by atoms with E-state index in [1.807, 2.05) is 13.8 Å². The highest BCUT2D eigenvalue weighted by atomic mass is 16.5. The van der Waals surface area contributed by atoms with Crippen LogP contribution in [0.15, 0.2) is 0 Å². The minimum absolute atomic E-state index is 0.300. The number of rotatable bonds is 3. The highest BCUT2D eigenvalue weighted by molar-refractivity contribution is 5.76. The van der Waals surface area contributed by atoms with Crippen molar-refractivity contribution in [2.45, 2.75) is 25.6 Å². The van der Waals surface area contributed by atoms with Crippen molar-refractivity contribution in [2.75, 3.05) is 26.2 Å². The first-order chi connectivity index (χ1) is 7.82. The smallest absolute Gasteiger partial charge is 0.334 e. The number of morpholine rings is 1.